The van der Waals surface area contributed by atoms with Gasteiger partial charge < -0.3 is 11.1 Å². The highest BCUT2D eigenvalue weighted by molar-refractivity contribution is 7.80. The minimum Gasteiger partial charge on any atom is -0.365 e. The molecule has 0 saturated heterocycles. The van der Waals surface area contributed by atoms with Gasteiger partial charge in [0.1, 0.15) is 5.00 Å². The normalized spacial score (nSPS) is 10.2. The molecule has 2 rings (SSSR count). The number of amides is 2. The number of hydrogen-bond acceptors (Lipinski definition) is 6. The average molecular weight is 378 g/mol. The Morgan fingerprint density at radius 3 is 2.60 bits per heavy atom. The first-order valence-corrected chi connectivity index (χ1v) is 8.19. The van der Waals surface area contributed by atoms with Crippen molar-refractivity contribution in [1.82, 2.24) is 5.32 Å². The van der Waals surface area contributed by atoms with Crippen molar-refractivity contribution in [1.29, 1.82) is 0 Å². The predicted molar refractivity (Wildman–Crippen MR) is 99.1 cm³/mol. The molecule has 0 bridgehead atoms. The second kappa shape index (κ2) is 7.36. The lowest BCUT2D eigenvalue weighted by atomic mass is 10.1. The third-order valence-electron chi connectivity index (χ3n) is 3.40. The number of nitro groups is 1. The fraction of sp³-hybridized carbons (Fsp3) is 0.133. The summed E-state index contributed by atoms with van der Waals surface area (Å²) in [5.41, 5.74) is 6.32. The molecule has 0 fully saturated rings. The van der Waals surface area contributed by atoms with Gasteiger partial charge >= 0.3 is 0 Å². The summed E-state index contributed by atoms with van der Waals surface area (Å²) < 4.78 is 0. The number of carbonyl (C=O) groups excluding carboxylic acids is 2. The molecule has 0 unspecified atom stereocenters. The Hall–Kier alpha value is -2.85. The van der Waals surface area contributed by atoms with Crippen LogP contribution in [0.5, 0.6) is 0 Å². The number of rotatable bonds is 4. The number of primary amides is 1. The molecule has 10 heteroatoms. The maximum atomic E-state index is 12.2. The molecule has 25 heavy (non-hydrogen) atoms. The summed E-state index contributed by atoms with van der Waals surface area (Å²) in [7, 11) is 0. The Bertz CT molecular complexity index is 892. The highest BCUT2D eigenvalue weighted by Crippen LogP contribution is 2.31. The molecule has 1 heterocycles. The monoisotopic (exact) mass is 378 g/mol. The number of thiophene rings is 1. The minimum atomic E-state index is -0.605. The Morgan fingerprint density at radius 2 is 2.00 bits per heavy atom. The first-order valence-electron chi connectivity index (χ1n) is 6.97. The number of non-ortho nitro benzene ring substituents is 1. The second-order valence-corrected chi connectivity index (χ2v) is 6.70. The zero-order valence-electron chi connectivity index (χ0n) is 13.3. The summed E-state index contributed by atoms with van der Waals surface area (Å²) in [6.07, 6.45) is 0. The van der Waals surface area contributed by atoms with Gasteiger partial charge in [0.25, 0.3) is 17.5 Å². The summed E-state index contributed by atoms with van der Waals surface area (Å²) in [5.74, 6) is -1.20. The second-order valence-electron chi connectivity index (χ2n) is 5.07. The van der Waals surface area contributed by atoms with Crippen LogP contribution < -0.4 is 16.4 Å². The summed E-state index contributed by atoms with van der Waals surface area (Å²) in [6.45, 7) is 3.60. The number of carbonyl (C=O) groups is 2. The lowest BCUT2D eigenvalue weighted by Crippen LogP contribution is -2.34. The van der Waals surface area contributed by atoms with Gasteiger partial charge in [-0.2, -0.15) is 0 Å². The van der Waals surface area contributed by atoms with E-state index in [4.69, 9.17) is 18.0 Å². The van der Waals surface area contributed by atoms with Gasteiger partial charge in [0, 0.05) is 22.6 Å². The molecule has 1 aromatic carbocycles. The molecule has 0 saturated carbocycles. The number of nitrogens with two attached hydrogens (primary N) is 1. The van der Waals surface area contributed by atoms with E-state index in [9.17, 15) is 19.7 Å². The predicted octanol–water partition coefficient (Wildman–Crippen LogP) is 2.50. The molecular formula is C15H14N4O4S2. The van der Waals surface area contributed by atoms with Crippen molar-refractivity contribution < 1.29 is 14.5 Å². The van der Waals surface area contributed by atoms with E-state index in [-0.39, 0.29) is 16.4 Å². The largest absolute Gasteiger partial charge is 0.365 e. The smallest absolute Gasteiger partial charge is 0.270 e. The molecular weight excluding hydrogens is 364 g/mol. The molecule has 0 aliphatic carbocycles. The Kier molecular flexibility index (Phi) is 5.45. The van der Waals surface area contributed by atoms with Gasteiger partial charge in [-0.3, -0.25) is 25.0 Å². The van der Waals surface area contributed by atoms with Crippen molar-refractivity contribution in [3.63, 3.8) is 0 Å². The third kappa shape index (κ3) is 4.17. The van der Waals surface area contributed by atoms with E-state index in [0.717, 1.165) is 16.5 Å². The number of nitrogens with one attached hydrogen (secondary N) is 2. The highest BCUT2D eigenvalue weighted by atomic mass is 32.1. The molecule has 130 valence electrons. The minimum absolute atomic E-state index is 0.0414. The maximum Gasteiger partial charge on any atom is 0.270 e. The summed E-state index contributed by atoms with van der Waals surface area (Å²) in [4.78, 5) is 34.8. The Labute approximate surface area is 152 Å². The van der Waals surface area contributed by atoms with Crippen molar-refractivity contribution >= 4 is 51.2 Å². The van der Waals surface area contributed by atoms with Crippen molar-refractivity contribution in [3.8, 4) is 0 Å². The number of thiocarbonyl (C=S) groups is 1. The SMILES string of the molecule is Cc1sc(NC(=S)NC(=O)c2cccc([N+](=O)[O-])c2)c(C(N)=O)c1C. The molecule has 0 radical (unpaired) electrons. The molecule has 0 aliphatic heterocycles. The van der Waals surface area contributed by atoms with Gasteiger partial charge in [-0.15, -0.1) is 11.3 Å². The quantitative estimate of drug-likeness (QED) is 0.426. The van der Waals surface area contributed by atoms with E-state index in [0.29, 0.717) is 10.6 Å². The van der Waals surface area contributed by atoms with Gasteiger partial charge in [-0.05, 0) is 37.7 Å². The summed E-state index contributed by atoms with van der Waals surface area (Å²) >= 11 is 6.36. The van der Waals surface area contributed by atoms with Crippen LogP contribution in [-0.2, 0) is 0 Å². The maximum absolute atomic E-state index is 12.2. The van der Waals surface area contributed by atoms with Gasteiger partial charge in [0.05, 0.1) is 10.5 Å². The summed E-state index contributed by atoms with van der Waals surface area (Å²) in [5, 5.41) is 16.4. The number of nitro benzene ring substituents is 1. The fourth-order valence-corrected chi connectivity index (χ4v) is 3.41. The van der Waals surface area contributed by atoms with E-state index in [2.05, 4.69) is 10.6 Å². The van der Waals surface area contributed by atoms with Crippen molar-refractivity contribution in [2.75, 3.05) is 5.32 Å². The van der Waals surface area contributed by atoms with Gasteiger partial charge in [-0.1, -0.05) is 6.07 Å². The van der Waals surface area contributed by atoms with Crippen LogP contribution in [0.1, 0.15) is 31.2 Å². The number of nitrogens with zero attached hydrogens (tertiary/aromatic N) is 1. The standard InChI is InChI=1S/C15H14N4O4S2/c1-7-8(2)25-14(11(7)12(16)20)18-15(24)17-13(21)9-4-3-5-10(6-9)19(22)23/h3-6H,1-2H3,(H2,16,20)(H2,17,18,21,24). The van der Waals surface area contributed by atoms with E-state index in [1.165, 1.54) is 29.5 Å². The van der Waals surface area contributed by atoms with Gasteiger partial charge in [0.2, 0.25) is 0 Å². The highest BCUT2D eigenvalue weighted by Gasteiger charge is 2.19. The van der Waals surface area contributed by atoms with Crippen LogP contribution in [-0.4, -0.2) is 21.9 Å². The van der Waals surface area contributed by atoms with Crippen LogP contribution >= 0.6 is 23.6 Å². The van der Waals surface area contributed by atoms with E-state index >= 15 is 0 Å². The first-order chi connectivity index (χ1) is 11.7. The fourth-order valence-electron chi connectivity index (χ4n) is 2.08. The molecule has 2 aromatic rings. The molecule has 4 N–H and O–H groups in total. The molecule has 0 spiro atoms. The number of anilines is 1. The van der Waals surface area contributed by atoms with Crippen LogP contribution in [0.25, 0.3) is 0 Å². The molecule has 2 amide bonds. The zero-order chi connectivity index (χ0) is 18.7. The van der Waals surface area contributed by atoms with Crippen LogP contribution in [0.4, 0.5) is 10.7 Å². The molecule has 0 aliphatic rings. The Morgan fingerprint density at radius 1 is 1.32 bits per heavy atom. The summed E-state index contributed by atoms with van der Waals surface area (Å²) in [6, 6.07) is 5.26. The first kappa shape index (κ1) is 18.5. The van der Waals surface area contributed by atoms with Crippen molar-refractivity contribution in [2.24, 2.45) is 5.73 Å². The zero-order valence-corrected chi connectivity index (χ0v) is 14.9. The lowest BCUT2D eigenvalue weighted by molar-refractivity contribution is -0.384. The van der Waals surface area contributed by atoms with Crippen molar-refractivity contribution in [2.45, 2.75) is 13.8 Å². The van der Waals surface area contributed by atoms with Crippen molar-refractivity contribution in [3.05, 3.63) is 55.9 Å². The molecule has 8 nitrogen and oxygen atoms in total. The van der Waals surface area contributed by atoms with Crippen LogP contribution in [0.15, 0.2) is 24.3 Å². The van der Waals surface area contributed by atoms with Crippen LogP contribution in [0.3, 0.4) is 0 Å². The number of benzene rings is 1. The van der Waals surface area contributed by atoms with Gasteiger partial charge in [0.15, 0.2) is 5.11 Å². The third-order valence-corrected chi connectivity index (χ3v) is 4.73. The molecule has 0 atom stereocenters. The topological polar surface area (TPSA) is 127 Å². The molecule has 1 aromatic heterocycles. The van der Waals surface area contributed by atoms with E-state index < -0.39 is 16.7 Å². The van der Waals surface area contributed by atoms with Crippen LogP contribution in [0, 0.1) is 24.0 Å². The number of hydrogen-bond donors (Lipinski definition) is 3. The number of aryl methyl sites for hydroxylation is 1. The van der Waals surface area contributed by atoms with E-state index in [1.54, 1.807) is 6.92 Å². The average Bonchev–Trinajstić information content (AvgIpc) is 2.81. The van der Waals surface area contributed by atoms with Crippen LogP contribution in [0.2, 0.25) is 0 Å². The lowest BCUT2D eigenvalue weighted by Gasteiger charge is -2.09. The Balaban J connectivity index is 2.14. The van der Waals surface area contributed by atoms with E-state index in [1.807, 2.05) is 6.92 Å². The van der Waals surface area contributed by atoms with Gasteiger partial charge in [-0.25, -0.2) is 0 Å².